The predicted octanol–water partition coefficient (Wildman–Crippen LogP) is 1.09. The maximum atomic E-state index is 13.4. The van der Waals surface area contributed by atoms with E-state index in [9.17, 15) is 14.0 Å². The van der Waals surface area contributed by atoms with Crippen LogP contribution in [0.25, 0.3) is 0 Å². The molecule has 0 aromatic heterocycles. The van der Waals surface area contributed by atoms with Gasteiger partial charge in [0.1, 0.15) is 5.82 Å². The van der Waals surface area contributed by atoms with Gasteiger partial charge in [-0.25, -0.2) is 14.0 Å². The van der Waals surface area contributed by atoms with Gasteiger partial charge in [0.05, 0.1) is 18.8 Å². The number of amides is 2. The Morgan fingerprint density at radius 1 is 1.33 bits per heavy atom. The molecule has 7 heteroatoms. The molecule has 21 heavy (non-hydrogen) atoms. The second-order valence-corrected chi connectivity index (χ2v) is 5.10. The van der Waals surface area contributed by atoms with Gasteiger partial charge >= 0.3 is 12.0 Å². The second kappa shape index (κ2) is 5.33. The lowest BCUT2D eigenvalue weighted by Crippen LogP contribution is -2.52. The van der Waals surface area contributed by atoms with Crippen LogP contribution in [0, 0.1) is 5.82 Å². The Morgan fingerprint density at radius 2 is 2.14 bits per heavy atom. The third-order valence-electron chi connectivity index (χ3n) is 3.79. The smallest absolute Gasteiger partial charge is 0.334 e. The lowest BCUT2D eigenvalue weighted by atomic mass is 10.2. The largest absolute Gasteiger partial charge is 0.479 e. The first-order valence-electron chi connectivity index (χ1n) is 6.75. The predicted molar refractivity (Wildman–Crippen MR) is 71.8 cm³/mol. The first kappa shape index (κ1) is 13.8. The fourth-order valence-electron chi connectivity index (χ4n) is 2.69. The molecule has 1 N–H and O–H groups in total. The number of aliphatic carboxylic acids is 1. The minimum Gasteiger partial charge on any atom is -0.479 e. The topological polar surface area (TPSA) is 70.1 Å². The van der Waals surface area contributed by atoms with Gasteiger partial charge in [0, 0.05) is 13.1 Å². The van der Waals surface area contributed by atoms with Crippen molar-refractivity contribution in [3.8, 4) is 0 Å². The van der Waals surface area contributed by atoms with Crippen LogP contribution < -0.4 is 4.90 Å². The summed E-state index contributed by atoms with van der Waals surface area (Å²) in [5.41, 5.74) is 1.49. The van der Waals surface area contributed by atoms with Crippen LogP contribution in [0.5, 0.6) is 0 Å². The van der Waals surface area contributed by atoms with Crippen LogP contribution in [0.1, 0.15) is 5.56 Å². The molecule has 0 aliphatic carbocycles. The summed E-state index contributed by atoms with van der Waals surface area (Å²) in [6.45, 7) is 1.01. The van der Waals surface area contributed by atoms with Crippen molar-refractivity contribution in [3.05, 3.63) is 29.6 Å². The first-order valence-corrected chi connectivity index (χ1v) is 6.75. The van der Waals surface area contributed by atoms with Crippen LogP contribution >= 0.6 is 0 Å². The molecule has 2 aliphatic heterocycles. The highest BCUT2D eigenvalue weighted by Crippen LogP contribution is 2.29. The van der Waals surface area contributed by atoms with Crippen molar-refractivity contribution in [2.75, 3.05) is 31.1 Å². The molecule has 0 spiro atoms. The zero-order valence-electron chi connectivity index (χ0n) is 11.3. The number of hydrogen-bond donors (Lipinski definition) is 1. The summed E-state index contributed by atoms with van der Waals surface area (Å²) in [6, 6.07) is 4.10. The van der Waals surface area contributed by atoms with E-state index in [1.807, 2.05) is 0 Å². The minimum atomic E-state index is -1.08. The molecule has 0 saturated carbocycles. The molecular weight excluding hydrogens is 279 g/mol. The number of carbonyl (C=O) groups is 2. The van der Waals surface area contributed by atoms with Crippen LogP contribution in [0.4, 0.5) is 14.9 Å². The highest BCUT2D eigenvalue weighted by Gasteiger charge is 2.34. The van der Waals surface area contributed by atoms with Crippen LogP contribution in [0.2, 0.25) is 0 Å². The molecule has 1 unspecified atom stereocenters. The van der Waals surface area contributed by atoms with Crippen molar-refractivity contribution in [2.45, 2.75) is 12.5 Å². The van der Waals surface area contributed by atoms with E-state index in [0.29, 0.717) is 25.2 Å². The Kier molecular flexibility index (Phi) is 3.50. The number of fused-ring (bicyclic) bond motifs is 1. The normalized spacial score (nSPS) is 21.3. The molecule has 1 atom stereocenters. The highest BCUT2D eigenvalue weighted by atomic mass is 19.1. The average Bonchev–Trinajstić information content (AvgIpc) is 2.89. The summed E-state index contributed by atoms with van der Waals surface area (Å²) >= 11 is 0. The standard InChI is InChI=1S/C14H15FN2O4/c15-10-2-1-9-3-4-17(11(9)7-10)14(20)16-5-6-21-12(8-16)13(18)19/h1-2,7,12H,3-6,8H2,(H,18,19). The van der Waals surface area contributed by atoms with Gasteiger partial charge in [-0.2, -0.15) is 0 Å². The third kappa shape index (κ3) is 2.56. The second-order valence-electron chi connectivity index (χ2n) is 5.10. The van der Waals surface area contributed by atoms with Gasteiger partial charge in [-0.05, 0) is 24.1 Å². The van der Waals surface area contributed by atoms with Crippen molar-refractivity contribution >= 4 is 17.7 Å². The number of benzene rings is 1. The number of hydrogen-bond acceptors (Lipinski definition) is 3. The van der Waals surface area contributed by atoms with E-state index in [1.165, 1.54) is 21.9 Å². The number of carboxylic acid groups (broad SMARTS) is 1. The van der Waals surface area contributed by atoms with Gasteiger partial charge in [-0.1, -0.05) is 6.07 Å². The van der Waals surface area contributed by atoms with Gasteiger partial charge < -0.3 is 14.7 Å². The van der Waals surface area contributed by atoms with Crippen molar-refractivity contribution in [1.82, 2.24) is 4.90 Å². The minimum absolute atomic E-state index is 0.00924. The first-order chi connectivity index (χ1) is 10.1. The lowest BCUT2D eigenvalue weighted by Gasteiger charge is -2.33. The number of carboxylic acids is 1. The monoisotopic (exact) mass is 294 g/mol. The van der Waals surface area contributed by atoms with Crippen molar-refractivity contribution in [1.29, 1.82) is 0 Å². The molecule has 6 nitrogen and oxygen atoms in total. The van der Waals surface area contributed by atoms with E-state index in [2.05, 4.69) is 0 Å². The molecule has 2 amide bonds. The van der Waals surface area contributed by atoms with Gasteiger partial charge in [0.25, 0.3) is 0 Å². The molecule has 112 valence electrons. The van der Waals surface area contributed by atoms with Crippen LogP contribution in [-0.4, -0.2) is 54.4 Å². The fourth-order valence-corrected chi connectivity index (χ4v) is 2.69. The zero-order chi connectivity index (χ0) is 15.0. The molecule has 0 bridgehead atoms. The summed E-state index contributed by atoms with van der Waals surface area (Å²) in [5, 5.41) is 8.97. The van der Waals surface area contributed by atoms with E-state index in [0.717, 1.165) is 5.56 Å². The molecule has 1 aromatic carbocycles. The summed E-state index contributed by atoms with van der Waals surface area (Å²) in [7, 11) is 0. The Bertz CT molecular complexity index is 592. The molecular formula is C14H15FN2O4. The van der Waals surface area contributed by atoms with E-state index in [-0.39, 0.29) is 25.0 Å². The molecule has 1 fully saturated rings. The number of rotatable bonds is 1. The summed E-state index contributed by atoms with van der Waals surface area (Å²) < 4.78 is 18.5. The molecule has 2 heterocycles. The maximum Gasteiger partial charge on any atom is 0.334 e. The van der Waals surface area contributed by atoms with Crippen LogP contribution in [0.3, 0.4) is 0 Å². The number of ether oxygens (including phenoxy) is 1. The van der Waals surface area contributed by atoms with E-state index in [4.69, 9.17) is 9.84 Å². The number of halogens is 1. The zero-order valence-corrected chi connectivity index (χ0v) is 11.3. The molecule has 1 saturated heterocycles. The summed E-state index contributed by atoms with van der Waals surface area (Å²) in [6.07, 6.45) is -0.328. The Morgan fingerprint density at radius 3 is 2.90 bits per heavy atom. The van der Waals surface area contributed by atoms with Crippen molar-refractivity contribution in [2.24, 2.45) is 0 Å². The quantitative estimate of drug-likeness (QED) is 0.842. The third-order valence-corrected chi connectivity index (χ3v) is 3.79. The number of anilines is 1. The Hall–Kier alpha value is -2.15. The molecule has 2 aliphatic rings. The van der Waals surface area contributed by atoms with Crippen molar-refractivity contribution in [3.63, 3.8) is 0 Å². The number of nitrogens with zero attached hydrogens (tertiary/aromatic N) is 2. The van der Waals surface area contributed by atoms with Gasteiger partial charge in [-0.15, -0.1) is 0 Å². The van der Waals surface area contributed by atoms with E-state index in [1.54, 1.807) is 6.07 Å². The number of urea groups is 1. The van der Waals surface area contributed by atoms with Gasteiger partial charge in [0.15, 0.2) is 6.10 Å². The molecule has 1 aromatic rings. The number of morpholine rings is 1. The summed E-state index contributed by atoms with van der Waals surface area (Å²) in [4.78, 5) is 26.4. The van der Waals surface area contributed by atoms with Crippen LogP contribution in [0.15, 0.2) is 18.2 Å². The van der Waals surface area contributed by atoms with E-state index < -0.39 is 12.1 Å². The summed E-state index contributed by atoms with van der Waals surface area (Å²) in [5.74, 6) is -1.47. The Labute approximate surface area is 120 Å². The van der Waals surface area contributed by atoms with Crippen LogP contribution in [-0.2, 0) is 16.0 Å². The van der Waals surface area contributed by atoms with Gasteiger partial charge in [0.2, 0.25) is 0 Å². The molecule has 3 rings (SSSR count). The average molecular weight is 294 g/mol. The molecule has 0 radical (unpaired) electrons. The maximum absolute atomic E-state index is 13.4. The fraction of sp³-hybridized carbons (Fsp3) is 0.429. The number of carbonyl (C=O) groups excluding carboxylic acids is 1. The highest BCUT2D eigenvalue weighted by molar-refractivity contribution is 5.94. The van der Waals surface area contributed by atoms with Crippen molar-refractivity contribution < 1.29 is 23.8 Å². The SMILES string of the molecule is O=C(O)C1CN(C(=O)N2CCc3ccc(F)cc32)CCO1. The van der Waals surface area contributed by atoms with Gasteiger partial charge in [-0.3, -0.25) is 4.90 Å². The van der Waals surface area contributed by atoms with E-state index >= 15 is 0 Å². The Balaban J connectivity index is 1.78. The lowest BCUT2D eigenvalue weighted by molar-refractivity contribution is -0.154.